The van der Waals surface area contributed by atoms with Crippen LogP contribution < -0.4 is 5.32 Å². The number of hydrogen-bond acceptors (Lipinski definition) is 1. The molecule has 1 N–H and O–H groups in total. The van der Waals surface area contributed by atoms with Crippen LogP contribution in [0.15, 0.2) is 12.3 Å². The van der Waals surface area contributed by atoms with Crippen LogP contribution in [0.4, 0.5) is 0 Å². The zero-order valence-corrected chi connectivity index (χ0v) is 12.2. The fraction of sp³-hybridized carbons (Fsp3) is 0.867. The molecule has 0 spiro atoms. The molecule has 16 heavy (non-hydrogen) atoms. The van der Waals surface area contributed by atoms with Crippen molar-refractivity contribution in [1.82, 2.24) is 5.32 Å². The molecule has 0 saturated carbocycles. The monoisotopic (exact) mass is 225 g/mol. The van der Waals surface area contributed by atoms with E-state index < -0.39 is 0 Å². The van der Waals surface area contributed by atoms with Gasteiger partial charge >= 0.3 is 0 Å². The van der Waals surface area contributed by atoms with Gasteiger partial charge in [-0.3, -0.25) is 0 Å². The van der Waals surface area contributed by atoms with Crippen LogP contribution in [0.3, 0.4) is 0 Å². The molecule has 0 fully saturated rings. The van der Waals surface area contributed by atoms with Gasteiger partial charge in [0.05, 0.1) is 0 Å². The molecule has 0 amide bonds. The Morgan fingerprint density at radius 1 is 1.06 bits per heavy atom. The van der Waals surface area contributed by atoms with Gasteiger partial charge in [-0.25, -0.2) is 0 Å². The minimum atomic E-state index is 0.209. The predicted molar refractivity (Wildman–Crippen MR) is 74.5 cm³/mol. The van der Waals surface area contributed by atoms with Crippen molar-refractivity contribution in [2.24, 2.45) is 10.8 Å². The second kappa shape index (κ2) is 6.32. The van der Waals surface area contributed by atoms with Gasteiger partial charge in [0.15, 0.2) is 0 Å². The minimum absolute atomic E-state index is 0.209. The van der Waals surface area contributed by atoms with E-state index >= 15 is 0 Å². The Morgan fingerprint density at radius 2 is 1.62 bits per heavy atom. The number of nitrogens with one attached hydrogen (secondary N) is 1. The molecule has 0 aliphatic heterocycles. The van der Waals surface area contributed by atoms with Gasteiger partial charge in [-0.05, 0) is 24.7 Å². The van der Waals surface area contributed by atoms with Crippen LogP contribution in [-0.2, 0) is 0 Å². The largest absolute Gasteiger partial charge is 0.388 e. The maximum absolute atomic E-state index is 4.19. The van der Waals surface area contributed by atoms with Crippen LogP contribution >= 0.6 is 0 Å². The molecule has 0 heterocycles. The summed E-state index contributed by atoms with van der Waals surface area (Å²) in [4.78, 5) is 0. The summed E-state index contributed by atoms with van der Waals surface area (Å²) in [5, 5.41) is 3.47. The fourth-order valence-corrected chi connectivity index (χ4v) is 1.49. The Hall–Kier alpha value is -0.460. The average Bonchev–Trinajstić information content (AvgIpc) is 2.14. The smallest absolute Gasteiger partial charge is 0.0143 e. The maximum Gasteiger partial charge on any atom is 0.0143 e. The lowest BCUT2D eigenvalue weighted by atomic mass is 9.78. The summed E-state index contributed by atoms with van der Waals surface area (Å²) in [6.07, 6.45) is 4.92. The zero-order valence-electron chi connectivity index (χ0n) is 12.2. The summed E-state index contributed by atoms with van der Waals surface area (Å²) in [7, 11) is 0. The predicted octanol–water partition coefficient (Wildman–Crippen LogP) is 4.74. The van der Waals surface area contributed by atoms with Crippen molar-refractivity contribution in [3.8, 4) is 0 Å². The standard InChI is InChI=1S/C15H31N/c1-8-9-12-16-13(2)15(6,7)11-10-14(3,4)5/h16H,2,8-12H2,1,3-7H3. The number of unbranched alkanes of at least 4 members (excludes halogenated alkanes) is 1. The molecular formula is C15H31N. The lowest BCUT2D eigenvalue weighted by Gasteiger charge is -2.31. The van der Waals surface area contributed by atoms with Crippen LogP contribution in [0, 0.1) is 10.8 Å². The van der Waals surface area contributed by atoms with E-state index in [-0.39, 0.29) is 5.41 Å². The van der Waals surface area contributed by atoms with Crippen molar-refractivity contribution < 1.29 is 0 Å². The van der Waals surface area contributed by atoms with Crippen molar-refractivity contribution in [1.29, 1.82) is 0 Å². The van der Waals surface area contributed by atoms with Gasteiger partial charge in [0, 0.05) is 17.7 Å². The Balaban J connectivity index is 4.05. The number of hydrogen-bond donors (Lipinski definition) is 1. The molecule has 0 unspecified atom stereocenters. The topological polar surface area (TPSA) is 12.0 Å². The van der Waals surface area contributed by atoms with Crippen LogP contribution in [0.5, 0.6) is 0 Å². The first-order valence-electron chi connectivity index (χ1n) is 6.62. The molecule has 0 aromatic carbocycles. The van der Waals surface area contributed by atoms with E-state index in [9.17, 15) is 0 Å². The second-order valence-corrected chi connectivity index (χ2v) is 6.70. The molecule has 0 aliphatic rings. The first-order valence-corrected chi connectivity index (χ1v) is 6.62. The van der Waals surface area contributed by atoms with E-state index in [0.717, 1.165) is 6.54 Å². The van der Waals surface area contributed by atoms with Crippen LogP contribution in [-0.4, -0.2) is 6.54 Å². The van der Waals surface area contributed by atoms with Gasteiger partial charge in [-0.15, -0.1) is 0 Å². The molecule has 0 aliphatic carbocycles. The summed E-state index contributed by atoms with van der Waals surface area (Å²) >= 11 is 0. The van der Waals surface area contributed by atoms with Crippen LogP contribution in [0.1, 0.15) is 67.2 Å². The summed E-state index contributed by atoms with van der Waals surface area (Å²) in [6, 6.07) is 0. The molecule has 0 aromatic heterocycles. The molecule has 1 nitrogen and oxygen atoms in total. The SMILES string of the molecule is C=C(NCCCC)C(C)(C)CCC(C)(C)C. The van der Waals surface area contributed by atoms with E-state index in [0.29, 0.717) is 5.41 Å². The van der Waals surface area contributed by atoms with E-state index in [1.54, 1.807) is 0 Å². The highest BCUT2D eigenvalue weighted by Gasteiger charge is 2.24. The Bertz CT molecular complexity index is 208. The van der Waals surface area contributed by atoms with Gasteiger partial charge < -0.3 is 5.32 Å². The highest BCUT2D eigenvalue weighted by molar-refractivity contribution is 5.04. The second-order valence-electron chi connectivity index (χ2n) is 6.70. The van der Waals surface area contributed by atoms with Crippen molar-refractivity contribution in [3.63, 3.8) is 0 Å². The summed E-state index contributed by atoms with van der Waals surface area (Å²) < 4.78 is 0. The van der Waals surface area contributed by atoms with E-state index in [4.69, 9.17) is 0 Å². The third-order valence-electron chi connectivity index (χ3n) is 3.19. The molecule has 1 heteroatoms. The van der Waals surface area contributed by atoms with E-state index in [1.807, 2.05) is 0 Å². The first-order chi connectivity index (χ1) is 7.19. The van der Waals surface area contributed by atoms with Gasteiger partial charge in [-0.2, -0.15) is 0 Å². The molecule has 0 rings (SSSR count). The van der Waals surface area contributed by atoms with Gasteiger partial charge in [0.1, 0.15) is 0 Å². The lowest BCUT2D eigenvalue weighted by Crippen LogP contribution is -2.28. The van der Waals surface area contributed by atoms with Crippen molar-refractivity contribution >= 4 is 0 Å². The number of rotatable bonds is 7. The molecule has 0 bridgehead atoms. The van der Waals surface area contributed by atoms with Crippen molar-refractivity contribution in [2.75, 3.05) is 6.54 Å². The highest BCUT2D eigenvalue weighted by Crippen LogP contribution is 2.34. The fourth-order valence-electron chi connectivity index (χ4n) is 1.49. The molecule has 0 radical (unpaired) electrons. The highest BCUT2D eigenvalue weighted by atomic mass is 14.9. The molecule has 96 valence electrons. The van der Waals surface area contributed by atoms with Gasteiger partial charge in [0.2, 0.25) is 0 Å². The van der Waals surface area contributed by atoms with Gasteiger partial charge in [0.25, 0.3) is 0 Å². The minimum Gasteiger partial charge on any atom is -0.388 e. The summed E-state index contributed by atoms with van der Waals surface area (Å²) in [6.45, 7) is 19.0. The lowest BCUT2D eigenvalue weighted by molar-refractivity contribution is 0.280. The first kappa shape index (κ1) is 15.5. The summed E-state index contributed by atoms with van der Waals surface area (Å²) in [5.74, 6) is 0. The normalized spacial score (nSPS) is 12.6. The Kier molecular flexibility index (Phi) is 6.14. The zero-order chi connectivity index (χ0) is 12.8. The van der Waals surface area contributed by atoms with E-state index in [1.165, 1.54) is 31.4 Å². The quantitative estimate of drug-likeness (QED) is 0.617. The Labute approximate surface area is 103 Å². The average molecular weight is 225 g/mol. The third kappa shape index (κ3) is 6.92. The molecule has 0 saturated heterocycles. The summed E-state index contributed by atoms with van der Waals surface area (Å²) in [5.41, 5.74) is 1.83. The molecular weight excluding hydrogens is 194 g/mol. The molecule has 0 aromatic rings. The van der Waals surface area contributed by atoms with Crippen molar-refractivity contribution in [3.05, 3.63) is 12.3 Å². The maximum atomic E-state index is 4.19. The van der Waals surface area contributed by atoms with Crippen LogP contribution in [0.25, 0.3) is 0 Å². The van der Waals surface area contributed by atoms with Crippen LogP contribution in [0.2, 0.25) is 0 Å². The number of allylic oxidation sites excluding steroid dienone is 1. The van der Waals surface area contributed by atoms with Crippen molar-refractivity contribution in [2.45, 2.75) is 67.2 Å². The molecule has 0 atom stereocenters. The van der Waals surface area contributed by atoms with E-state index in [2.05, 4.69) is 53.4 Å². The Morgan fingerprint density at radius 3 is 2.06 bits per heavy atom. The van der Waals surface area contributed by atoms with Gasteiger partial charge in [-0.1, -0.05) is 54.5 Å². The third-order valence-corrected chi connectivity index (χ3v) is 3.19.